The van der Waals surface area contributed by atoms with Crippen molar-refractivity contribution < 1.29 is 42.8 Å². The van der Waals surface area contributed by atoms with Crippen molar-refractivity contribution in [3.05, 3.63) is 49.1 Å². The van der Waals surface area contributed by atoms with E-state index in [1.165, 1.54) is 13.2 Å². The predicted molar refractivity (Wildman–Crippen MR) is 140 cm³/mol. The Balaban J connectivity index is 3.08. The van der Waals surface area contributed by atoms with Gasteiger partial charge in [0, 0.05) is 23.8 Å². The molecule has 0 saturated heterocycles. The first-order chi connectivity index (χ1) is 18.0. The quantitative estimate of drug-likeness (QED) is 0.104. The zero-order valence-corrected chi connectivity index (χ0v) is 21.8. The standard InChI is InChI=1S/C28H38O9/c1-5-8-9-10-18-36-27-22(14-16-26(31)32-4)13-15-23(33-20-21-35-25(30)7-3)28(27)37-19-12-11-17-34-24(29)6-2/h6-7,13-16H,2-3,5,8-12,17-21H2,1,4H3/b16-14+. The van der Waals surface area contributed by atoms with Crippen molar-refractivity contribution in [3.63, 3.8) is 0 Å². The van der Waals surface area contributed by atoms with Gasteiger partial charge in [0.1, 0.15) is 13.2 Å². The molecule has 0 spiro atoms. The molecule has 0 aliphatic rings. The third kappa shape index (κ3) is 13.2. The van der Waals surface area contributed by atoms with Gasteiger partial charge in [-0.05, 0) is 37.5 Å². The van der Waals surface area contributed by atoms with Gasteiger partial charge in [-0.15, -0.1) is 0 Å². The molecule has 0 aliphatic carbocycles. The van der Waals surface area contributed by atoms with Crippen LogP contribution in [-0.4, -0.2) is 58.1 Å². The number of hydrogen-bond acceptors (Lipinski definition) is 9. The normalized spacial score (nSPS) is 10.4. The molecule has 0 N–H and O–H groups in total. The van der Waals surface area contributed by atoms with Gasteiger partial charge in [-0.25, -0.2) is 14.4 Å². The summed E-state index contributed by atoms with van der Waals surface area (Å²) in [6, 6.07) is 3.44. The summed E-state index contributed by atoms with van der Waals surface area (Å²) in [6.07, 6.45) is 10.3. The Labute approximate surface area is 219 Å². The molecule has 1 aromatic rings. The third-order valence-corrected chi connectivity index (χ3v) is 4.90. The number of ether oxygens (including phenoxy) is 6. The van der Waals surface area contributed by atoms with Crippen LogP contribution in [0.4, 0.5) is 0 Å². The predicted octanol–water partition coefficient (Wildman–Crippen LogP) is 4.83. The minimum Gasteiger partial charge on any atom is -0.489 e. The minimum atomic E-state index is -0.545. The highest BCUT2D eigenvalue weighted by Gasteiger charge is 2.18. The number of rotatable bonds is 20. The Hall–Kier alpha value is -3.75. The first-order valence-electron chi connectivity index (χ1n) is 12.4. The smallest absolute Gasteiger partial charge is 0.330 e. The van der Waals surface area contributed by atoms with Crippen molar-refractivity contribution in [1.29, 1.82) is 0 Å². The Bertz CT molecular complexity index is 905. The molecule has 37 heavy (non-hydrogen) atoms. The van der Waals surface area contributed by atoms with Gasteiger partial charge < -0.3 is 28.4 Å². The molecular weight excluding hydrogens is 480 g/mol. The van der Waals surface area contributed by atoms with Crippen LogP contribution in [0, 0.1) is 0 Å². The van der Waals surface area contributed by atoms with E-state index in [0.29, 0.717) is 48.9 Å². The Kier molecular flexibility index (Phi) is 16.4. The average molecular weight is 519 g/mol. The first kappa shape index (κ1) is 31.3. The number of benzene rings is 1. The number of carbonyl (C=O) groups excluding carboxylic acids is 3. The van der Waals surface area contributed by atoms with Gasteiger partial charge in [-0.2, -0.15) is 0 Å². The highest BCUT2D eigenvalue weighted by Crippen LogP contribution is 2.41. The van der Waals surface area contributed by atoms with Crippen LogP contribution in [0.3, 0.4) is 0 Å². The van der Waals surface area contributed by atoms with Crippen LogP contribution in [0.15, 0.2) is 43.5 Å². The molecule has 1 rings (SSSR count). The fourth-order valence-corrected chi connectivity index (χ4v) is 2.98. The van der Waals surface area contributed by atoms with Crippen molar-refractivity contribution in [2.24, 2.45) is 0 Å². The summed E-state index contributed by atoms with van der Waals surface area (Å²) >= 11 is 0. The van der Waals surface area contributed by atoms with Crippen molar-refractivity contribution in [2.45, 2.75) is 45.4 Å². The number of carbonyl (C=O) groups is 3. The van der Waals surface area contributed by atoms with Gasteiger partial charge in [0.2, 0.25) is 5.75 Å². The van der Waals surface area contributed by atoms with E-state index >= 15 is 0 Å². The maximum atomic E-state index is 11.7. The van der Waals surface area contributed by atoms with Crippen LogP contribution in [0.1, 0.15) is 51.0 Å². The van der Waals surface area contributed by atoms with Crippen LogP contribution in [0.5, 0.6) is 17.2 Å². The molecular formula is C28H38O9. The first-order valence-corrected chi connectivity index (χ1v) is 12.4. The molecule has 0 amide bonds. The molecule has 0 fully saturated rings. The summed E-state index contributed by atoms with van der Waals surface area (Å²) in [6.45, 7) is 9.96. The molecule has 0 saturated carbocycles. The highest BCUT2D eigenvalue weighted by atomic mass is 16.6. The highest BCUT2D eigenvalue weighted by molar-refractivity contribution is 5.88. The SMILES string of the molecule is C=CC(=O)OCCCCOc1c(OCCOC(=O)C=C)ccc(/C=C/C(=O)OC)c1OCCCCCC. The van der Waals surface area contributed by atoms with Crippen LogP contribution < -0.4 is 14.2 Å². The number of esters is 3. The van der Waals surface area contributed by atoms with Gasteiger partial charge in [0.15, 0.2) is 11.5 Å². The number of hydrogen-bond donors (Lipinski definition) is 0. The second-order valence-corrected chi connectivity index (χ2v) is 7.72. The molecule has 0 atom stereocenters. The van der Waals surface area contributed by atoms with Gasteiger partial charge in [0.05, 0.1) is 26.9 Å². The summed E-state index contributed by atoms with van der Waals surface area (Å²) in [5.41, 5.74) is 0.612. The van der Waals surface area contributed by atoms with Crippen LogP contribution in [-0.2, 0) is 28.6 Å². The van der Waals surface area contributed by atoms with Crippen molar-refractivity contribution in [3.8, 4) is 17.2 Å². The molecule has 0 unspecified atom stereocenters. The topological polar surface area (TPSA) is 107 Å². The molecule has 9 nitrogen and oxygen atoms in total. The van der Waals surface area contributed by atoms with Gasteiger partial charge >= 0.3 is 17.9 Å². The van der Waals surface area contributed by atoms with E-state index < -0.39 is 17.9 Å². The summed E-state index contributed by atoms with van der Waals surface area (Å²) in [4.78, 5) is 34.2. The van der Waals surface area contributed by atoms with Crippen molar-refractivity contribution >= 4 is 24.0 Å². The van der Waals surface area contributed by atoms with E-state index in [1.807, 2.05) is 0 Å². The lowest BCUT2D eigenvalue weighted by molar-refractivity contribution is -0.139. The molecule has 0 aromatic heterocycles. The largest absolute Gasteiger partial charge is 0.489 e. The van der Waals surface area contributed by atoms with Gasteiger partial charge in [0.25, 0.3) is 0 Å². The third-order valence-electron chi connectivity index (χ3n) is 4.90. The molecule has 1 aromatic carbocycles. The lowest BCUT2D eigenvalue weighted by atomic mass is 10.1. The Morgan fingerprint density at radius 2 is 1.35 bits per heavy atom. The van der Waals surface area contributed by atoms with E-state index in [9.17, 15) is 14.4 Å². The fourth-order valence-electron chi connectivity index (χ4n) is 2.98. The van der Waals surface area contributed by atoms with Crippen molar-refractivity contribution in [1.82, 2.24) is 0 Å². The van der Waals surface area contributed by atoms with Crippen molar-refractivity contribution in [2.75, 3.05) is 40.1 Å². The summed E-state index contributed by atoms with van der Waals surface area (Å²) < 4.78 is 32.7. The van der Waals surface area contributed by atoms with E-state index in [4.69, 9.17) is 28.4 Å². The number of methoxy groups -OCH3 is 1. The Morgan fingerprint density at radius 1 is 0.730 bits per heavy atom. The zero-order chi connectivity index (χ0) is 27.3. The zero-order valence-electron chi connectivity index (χ0n) is 21.8. The second kappa shape index (κ2) is 19.4. The van der Waals surface area contributed by atoms with E-state index in [2.05, 4.69) is 20.1 Å². The molecule has 9 heteroatoms. The maximum absolute atomic E-state index is 11.7. The van der Waals surface area contributed by atoms with E-state index in [0.717, 1.165) is 37.8 Å². The summed E-state index contributed by atoms with van der Waals surface area (Å²) in [5.74, 6) is -0.341. The average Bonchev–Trinajstić information content (AvgIpc) is 2.91. The number of unbranched alkanes of at least 4 members (excludes halogenated alkanes) is 4. The second-order valence-electron chi connectivity index (χ2n) is 7.72. The van der Waals surface area contributed by atoms with Crippen LogP contribution in [0.2, 0.25) is 0 Å². The summed E-state index contributed by atoms with van der Waals surface area (Å²) in [5, 5.41) is 0. The monoisotopic (exact) mass is 518 g/mol. The molecule has 0 heterocycles. The fraction of sp³-hybridized carbons (Fsp3) is 0.464. The van der Waals surface area contributed by atoms with Crippen LogP contribution in [0.25, 0.3) is 6.08 Å². The molecule has 0 bridgehead atoms. The van der Waals surface area contributed by atoms with Gasteiger partial charge in [-0.3, -0.25) is 0 Å². The van der Waals surface area contributed by atoms with E-state index in [1.54, 1.807) is 18.2 Å². The lowest BCUT2D eigenvalue weighted by Crippen LogP contribution is -2.12. The van der Waals surface area contributed by atoms with Crippen LogP contribution >= 0.6 is 0 Å². The maximum Gasteiger partial charge on any atom is 0.330 e. The lowest BCUT2D eigenvalue weighted by Gasteiger charge is -2.19. The van der Waals surface area contributed by atoms with Gasteiger partial charge in [-0.1, -0.05) is 39.3 Å². The Morgan fingerprint density at radius 3 is 2.00 bits per heavy atom. The molecule has 204 valence electrons. The van der Waals surface area contributed by atoms with E-state index in [-0.39, 0.29) is 19.8 Å². The summed E-state index contributed by atoms with van der Waals surface area (Å²) in [7, 11) is 1.30. The molecule has 0 aliphatic heterocycles. The minimum absolute atomic E-state index is 0.0240. The molecule has 0 radical (unpaired) electrons.